The minimum Gasteiger partial charge on any atom is -0.454 e. The first kappa shape index (κ1) is 30.7. The summed E-state index contributed by atoms with van der Waals surface area (Å²) in [6.07, 6.45) is -8.05. The molecular formula is C32H38O12. The van der Waals surface area contributed by atoms with Gasteiger partial charge in [0.05, 0.1) is 29.6 Å². The molecule has 1 aromatic rings. The third kappa shape index (κ3) is 3.71. The Balaban J connectivity index is 1.72. The minimum atomic E-state index is -1.92. The average molecular weight is 615 g/mol. The lowest BCUT2D eigenvalue weighted by Gasteiger charge is -2.67. The van der Waals surface area contributed by atoms with Crippen LogP contribution in [0.5, 0.6) is 0 Å². The second-order valence-corrected chi connectivity index (χ2v) is 13.1. The maximum Gasteiger partial charge on any atom is 0.509 e. The van der Waals surface area contributed by atoms with Gasteiger partial charge in [0.2, 0.25) is 5.60 Å². The normalized spacial score (nSPS) is 41.9. The molecule has 1 N–H and O–H groups in total. The van der Waals surface area contributed by atoms with Gasteiger partial charge >= 0.3 is 18.1 Å². The Hall–Kier alpha value is -3.32. The molecule has 6 rings (SSSR count). The molecule has 2 heterocycles. The molecule has 0 unspecified atom stereocenters. The highest BCUT2D eigenvalue weighted by atomic mass is 16.8. The zero-order valence-electron chi connectivity index (χ0n) is 25.8. The maximum atomic E-state index is 15.1. The highest BCUT2D eigenvalue weighted by Crippen LogP contribution is 2.66. The largest absolute Gasteiger partial charge is 0.509 e. The molecule has 0 aromatic heterocycles. The number of hydrogen-bond acceptors (Lipinski definition) is 12. The summed E-state index contributed by atoms with van der Waals surface area (Å²) in [4.78, 5) is 55.0. The smallest absolute Gasteiger partial charge is 0.454 e. The lowest BCUT2D eigenvalue weighted by atomic mass is 9.44. The molecule has 3 aliphatic carbocycles. The minimum absolute atomic E-state index is 0.126. The molecule has 4 fully saturated rings. The van der Waals surface area contributed by atoms with Crippen LogP contribution in [0.3, 0.4) is 0 Å². The molecule has 2 saturated carbocycles. The number of esters is 2. The molecule has 12 heteroatoms. The van der Waals surface area contributed by atoms with E-state index < -0.39 is 88.5 Å². The van der Waals surface area contributed by atoms with Crippen molar-refractivity contribution in [3.05, 3.63) is 47.0 Å². The predicted octanol–water partition coefficient (Wildman–Crippen LogP) is 2.54. The van der Waals surface area contributed by atoms with E-state index in [0.29, 0.717) is 11.1 Å². The third-order valence-electron chi connectivity index (χ3n) is 10.9. The fraction of sp³-hybridized carbons (Fsp3) is 0.625. The topological polar surface area (TPSA) is 153 Å². The number of benzene rings is 1. The lowest BCUT2D eigenvalue weighted by molar-refractivity contribution is -0.347. The number of rotatable bonds is 5. The van der Waals surface area contributed by atoms with Crippen molar-refractivity contribution in [2.45, 2.75) is 88.9 Å². The van der Waals surface area contributed by atoms with Gasteiger partial charge in [0.15, 0.2) is 23.6 Å². The Bertz CT molecular complexity index is 1440. The van der Waals surface area contributed by atoms with Crippen LogP contribution in [0.4, 0.5) is 4.79 Å². The molecule has 2 saturated heterocycles. The summed E-state index contributed by atoms with van der Waals surface area (Å²) in [5.41, 5.74) is -5.39. The molecule has 238 valence electrons. The Labute approximate surface area is 254 Å². The van der Waals surface area contributed by atoms with E-state index in [4.69, 9.17) is 33.2 Å². The summed E-state index contributed by atoms with van der Waals surface area (Å²) in [5, 5.41) is 11.7. The zero-order chi connectivity index (χ0) is 32.0. The lowest BCUT2D eigenvalue weighted by Crippen LogP contribution is -2.83. The van der Waals surface area contributed by atoms with Crippen molar-refractivity contribution < 1.29 is 57.4 Å². The molecule has 2 bridgehead atoms. The summed E-state index contributed by atoms with van der Waals surface area (Å²) >= 11 is 0. The summed E-state index contributed by atoms with van der Waals surface area (Å²) in [5.74, 6) is -3.06. The van der Waals surface area contributed by atoms with Crippen LogP contribution >= 0.6 is 0 Å². The SMILES string of the molecule is CO[C@H]1C(=O)[C@]2(C)[C@@H](OC)C[C@H]3OC[C@@]3(OC(C)=O)[C@H]2[C@H](OC(=O)c2ccccc2)[C@]23OC(=O)O[C@H]2[C@H](O)C(C)=C1C3(C)C. The number of hydrogen-bond donors (Lipinski definition) is 1. The van der Waals surface area contributed by atoms with Gasteiger partial charge < -0.3 is 38.3 Å². The number of Topliss-reactive ketones (excluding diaryl/α,β-unsaturated/α-hetero) is 1. The molecule has 12 nitrogen and oxygen atoms in total. The van der Waals surface area contributed by atoms with Crippen LogP contribution in [0.2, 0.25) is 0 Å². The fourth-order valence-corrected chi connectivity index (χ4v) is 8.91. The number of aliphatic hydroxyl groups excluding tert-OH is 1. The fourth-order valence-electron chi connectivity index (χ4n) is 8.91. The average Bonchev–Trinajstić information content (AvgIpc) is 3.34. The quantitative estimate of drug-likeness (QED) is 0.295. The number of carbonyl (C=O) groups is 4. The van der Waals surface area contributed by atoms with Crippen molar-refractivity contribution in [1.82, 2.24) is 0 Å². The number of fused-ring (bicyclic) bond motifs is 4. The maximum absolute atomic E-state index is 15.1. The van der Waals surface area contributed by atoms with Gasteiger partial charge in [-0.3, -0.25) is 9.59 Å². The predicted molar refractivity (Wildman–Crippen MR) is 149 cm³/mol. The van der Waals surface area contributed by atoms with Gasteiger partial charge in [0.1, 0.15) is 18.3 Å². The van der Waals surface area contributed by atoms with Crippen LogP contribution < -0.4 is 0 Å². The van der Waals surface area contributed by atoms with Crippen LogP contribution in [-0.2, 0) is 42.7 Å². The van der Waals surface area contributed by atoms with E-state index in [1.54, 1.807) is 58.0 Å². The van der Waals surface area contributed by atoms with E-state index in [9.17, 15) is 19.5 Å². The summed E-state index contributed by atoms with van der Waals surface area (Å²) < 4.78 is 42.3. The molecule has 1 aromatic carbocycles. The van der Waals surface area contributed by atoms with Crippen molar-refractivity contribution in [1.29, 1.82) is 0 Å². The van der Waals surface area contributed by atoms with Gasteiger partial charge in [-0.25, -0.2) is 9.59 Å². The third-order valence-corrected chi connectivity index (χ3v) is 10.9. The van der Waals surface area contributed by atoms with E-state index in [1.165, 1.54) is 21.1 Å². The first-order valence-corrected chi connectivity index (χ1v) is 14.7. The summed E-state index contributed by atoms with van der Waals surface area (Å²) in [6.45, 7) is 7.92. The van der Waals surface area contributed by atoms with E-state index >= 15 is 4.79 Å². The first-order valence-electron chi connectivity index (χ1n) is 14.7. The van der Waals surface area contributed by atoms with E-state index in [0.717, 1.165) is 0 Å². The van der Waals surface area contributed by atoms with Gasteiger partial charge in [-0.1, -0.05) is 32.0 Å². The number of aliphatic hydroxyl groups is 1. The summed E-state index contributed by atoms with van der Waals surface area (Å²) in [7, 11) is 2.85. The highest BCUT2D eigenvalue weighted by Gasteiger charge is 2.82. The molecule has 10 atom stereocenters. The standard InChI is InChI=1S/C32H38O12/c1-15-20-22(39-7)24(35)30(5)18(38-6)13-19-31(14-40-19,43-16(2)33)23(30)26(41-27(36)17-11-9-8-10-12-17)32(29(20,3)4)25(21(15)34)42-28(37)44-32/h8-12,18-19,21-23,25-26,34H,13-14H2,1-7H3/t18-,19+,21+,22+,23-,25-,26-,30+,31-,32+/m0/s1. The van der Waals surface area contributed by atoms with Crippen LogP contribution in [0.25, 0.3) is 0 Å². The first-order chi connectivity index (χ1) is 20.7. The number of ketones is 1. The van der Waals surface area contributed by atoms with Crippen LogP contribution in [-0.4, -0.2) is 97.6 Å². The molecular weight excluding hydrogens is 576 g/mol. The van der Waals surface area contributed by atoms with Crippen LogP contribution in [0.15, 0.2) is 41.5 Å². The van der Waals surface area contributed by atoms with E-state index in [-0.39, 0.29) is 18.6 Å². The van der Waals surface area contributed by atoms with E-state index in [2.05, 4.69) is 0 Å². The van der Waals surface area contributed by atoms with Gasteiger partial charge in [-0.05, 0) is 37.1 Å². The molecule has 0 radical (unpaired) electrons. The number of methoxy groups -OCH3 is 2. The van der Waals surface area contributed by atoms with Crippen molar-refractivity contribution in [3.63, 3.8) is 0 Å². The Kier molecular flexibility index (Phi) is 7.04. The Morgan fingerprint density at radius 3 is 2.30 bits per heavy atom. The van der Waals surface area contributed by atoms with Crippen molar-refractivity contribution in [3.8, 4) is 0 Å². The zero-order valence-corrected chi connectivity index (χ0v) is 25.8. The van der Waals surface area contributed by atoms with Gasteiger partial charge in [0.25, 0.3) is 0 Å². The monoisotopic (exact) mass is 614 g/mol. The highest BCUT2D eigenvalue weighted by molar-refractivity contribution is 5.94. The Morgan fingerprint density at radius 2 is 1.73 bits per heavy atom. The van der Waals surface area contributed by atoms with Crippen molar-refractivity contribution in [2.75, 3.05) is 20.8 Å². The summed E-state index contributed by atoms with van der Waals surface area (Å²) in [6, 6.07) is 8.21. The van der Waals surface area contributed by atoms with Gasteiger partial charge in [-0.15, -0.1) is 0 Å². The second-order valence-electron chi connectivity index (χ2n) is 13.1. The second kappa shape index (κ2) is 10.1. The number of carbonyl (C=O) groups excluding carboxylic acids is 4. The number of ether oxygens (including phenoxy) is 7. The molecule has 44 heavy (non-hydrogen) atoms. The van der Waals surface area contributed by atoms with Crippen LogP contribution in [0, 0.1) is 16.7 Å². The Morgan fingerprint density at radius 1 is 1.05 bits per heavy atom. The van der Waals surface area contributed by atoms with Crippen molar-refractivity contribution >= 4 is 23.9 Å². The van der Waals surface area contributed by atoms with Crippen LogP contribution in [0.1, 0.15) is 51.4 Å². The molecule has 2 aliphatic heterocycles. The van der Waals surface area contributed by atoms with Gasteiger partial charge in [-0.2, -0.15) is 0 Å². The molecule has 5 aliphatic rings. The van der Waals surface area contributed by atoms with Crippen molar-refractivity contribution in [2.24, 2.45) is 16.7 Å². The van der Waals surface area contributed by atoms with Gasteiger partial charge in [0, 0.05) is 33.0 Å². The molecule has 0 amide bonds. The van der Waals surface area contributed by atoms with E-state index in [1.807, 2.05) is 0 Å². The molecule has 1 spiro atoms.